The number of benzene rings is 4. The molecular weight excluding hydrogens is 571 g/mol. The molecule has 4 aliphatic rings. The van der Waals surface area contributed by atoms with E-state index >= 15 is 0 Å². The van der Waals surface area contributed by atoms with Crippen molar-refractivity contribution in [1.82, 2.24) is 9.80 Å². The highest BCUT2D eigenvalue weighted by Gasteiger charge is 2.45. The van der Waals surface area contributed by atoms with Gasteiger partial charge in [-0.05, 0) is 48.5 Å². The first-order valence-corrected chi connectivity index (χ1v) is 14.7. The second kappa shape index (κ2) is 10.4. The van der Waals surface area contributed by atoms with Gasteiger partial charge >= 0.3 is 0 Å². The van der Waals surface area contributed by atoms with E-state index in [-0.39, 0.29) is 35.5 Å². The molecule has 42 heavy (non-hydrogen) atoms. The number of hydrogen-bond acceptors (Lipinski definition) is 4. The monoisotopic (exact) mass is 598 g/mol. The lowest BCUT2D eigenvalue weighted by molar-refractivity contribution is -0.128. The van der Waals surface area contributed by atoms with Crippen molar-refractivity contribution < 1.29 is 19.1 Å². The lowest BCUT2D eigenvalue weighted by atomic mass is 9.84. The highest BCUT2D eigenvalue weighted by atomic mass is 35.5. The first-order chi connectivity index (χ1) is 20.3. The van der Waals surface area contributed by atoms with Crippen LogP contribution in [0.5, 0.6) is 23.0 Å². The standard InChI is InChI=1S/2C17H14ClNO2/c1-19-9-13-12-8-10(18)6-7-15(12)21-14-5-3-2-4-11(14)16(13)17(19)20;1-19-9-13-11-4-2-3-5-14(11)21-15-7-6-10(18)8-12(15)16(13)17(19)20/h2*2-8,13,16H,9H2,1H3/t2*13-,16-/m11/s1. The molecule has 8 heteroatoms. The summed E-state index contributed by atoms with van der Waals surface area (Å²) in [4.78, 5) is 28.8. The summed E-state index contributed by atoms with van der Waals surface area (Å²) < 4.78 is 12.1. The molecule has 0 bridgehead atoms. The summed E-state index contributed by atoms with van der Waals surface area (Å²) in [6.07, 6.45) is 0. The molecule has 0 aromatic heterocycles. The zero-order valence-corrected chi connectivity index (χ0v) is 24.6. The van der Waals surface area contributed by atoms with Crippen LogP contribution in [0.15, 0.2) is 84.9 Å². The van der Waals surface area contributed by atoms with E-state index < -0.39 is 0 Å². The molecule has 2 saturated heterocycles. The van der Waals surface area contributed by atoms with E-state index in [1.807, 2.05) is 93.0 Å². The largest absolute Gasteiger partial charge is 0.457 e. The molecule has 0 spiro atoms. The molecule has 2 amide bonds. The highest BCUT2D eigenvalue weighted by molar-refractivity contribution is 6.31. The lowest BCUT2D eigenvalue weighted by Gasteiger charge is -2.15. The Kier molecular flexibility index (Phi) is 6.63. The summed E-state index contributed by atoms with van der Waals surface area (Å²) >= 11 is 12.3. The molecule has 212 valence electrons. The van der Waals surface area contributed by atoms with E-state index in [1.54, 1.807) is 15.9 Å². The molecule has 4 atom stereocenters. The molecule has 4 aliphatic heterocycles. The number of likely N-dealkylation sites (tertiary alicyclic amines) is 2. The number of nitrogens with zero attached hydrogens (tertiary/aromatic N) is 2. The molecule has 4 aromatic rings. The van der Waals surface area contributed by atoms with E-state index in [0.29, 0.717) is 23.1 Å². The number of para-hydroxylation sites is 2. The summed E-state index contributed by atoms with van der Waals surface area (Å²) in [6.45, 7) is 1.39. The van der Waals surface area contributed by atoms with Gasteiger partial charge in [0.1, 0.15) is 23.0 Å². The third kappa shape index (κ3) is 4.41. The number of carbonyl (C=O) groups excluding carboxylic acids is 2. The van der Waals surface area contributed by atoms with Gasteiger partial charge in [-0.2, -0.15) is 0 Å². The average molecular weight is 600 g/mol. The fraction of sp³-hybridized carbons (Fsp3) is 0.235. The number of likely N-dealkylation sites (N-methyl/N-ethyl adjacent to an activating group) is 2. The molecule has 6 nitrogen and oxygen atoms in total. The van der Waals surface area contributed by atoms with Gasteiger partial charge in [0, 0.05) is 71.3 Å². The van der Waals surface area contributed by atoms with Crippen LogP contribution in [0, 0.1) is 0 Å². The second-order valence-electron chi connectivity index (χ2n) is 11.2. The number of ether oxygens (including phenoxy) is 2. The predicted molar refractivity (Wildman–Crippen MR) is 162 cm³/mol. The quantitative estimate of drug-likeness (QED) is 0.209. The first kappa shape index (κ1) is 26.9. The van der Waals surface area contributed by atoms with Crippen LogP contribution >= 0.6 is 23.2 Å². The number of carbonyl (C=O) groups is 2. The minimum absolute atomic E-state index is 0.0832. The van der Waals surface area contributed by atoms with Gasteiger partial charge in [-0.15, -0.1) is 0 Å². The van der Waals surface area contributed by atoms with Crippen LogP contribution in [0.3, 0.4) is 0 Å². The van der Waals surface area contributed by atoms with Crippen LogP contribution in [-0.2, 0) is 9.59 Å². The zero-order chi connectivity index (χ0) is 29.1. The molecule has 2 fully saturated rings. The number of hydrogen-bond donors (Lipinski definition) is 0. The third-order valence-electron chi connectivity index (χ3n) is 8.72. The van der Waals surface area contributed by atoms with E-state index in [4.69, 9.17) is 32.7 Å². The van der Waals surface area contributed by atoms with Crippen molar-refractivity contribution in [3.8, 4) is 23.0 Å². The van der Waals surface area contributed by atoms with Crippen molar-refractivity contribution >= 4 is 35.0 Å². The Morgan fingerprint density at radius 1 is 0.571 bits per heavy atom. The minimum Gasteiger partial charge on any atom is -0.457 e. The van der Waals surface area contributed by atoms with E-state index in [2.05, 4.69) is 0 Å². The highest BCUT2D eigenvalue weighted by Crippen LogP contribution is 2.51. The number of halogens is 2. The van der Waals surface area contributed by atoms with Gasteiger partial charge in [0.15, 0.2) is 0 Å². The summed E-state index contributed by atoms with van der Waals surface area (Å²) in [5.74, 6) is 3.17. The number of amides is 2. The Morgan fingerprint density at radius 3 is 1.62 bits per heavy atom. The van der Waals surface area contributed by atoms with E-state index in [9.17, 15) is 9.59 Å². The third-order valence-corrected chi connectivity index (χ3v) is 9.19. The smallest absolute Gasteiger partial charge is 0.230 e. The van der Waals surface area contributed by atoms with Gasteiger partial charge in [0.25, 0.3) is 0 Å². The van der Waals surface area contributed by atoms with Crippen LogP contribution < -0.4 is 9.47 Å². The van der Waals surface area contributed by atoms with Crippen molar-refractivity contribution in [2.45, 2.75) is 23.7 Å². The summed E-state index contributed by atoms with van der Waals surface area (Å²) in [6, 6.07) is 26.9. The average Bonchev–Trinajstić information content (AvgIpc) is 3.34. The fourth-order valence-corrected chi connectivity index (χ4v) is 7.12. The van der Waals surface area contributed by atoms with Crippen LogP contribution in [0.1, 0.15) is 45.9 Å². The maximum Gasteiger partial charge on any atom is 0.230 e. The summed E-state index contributed by atoms with van der Waals surface area (Å²) in [7, 11) is 3.70. The molecule has 4 aromatic carbocycles. The maximum atomic E-state index is 12.6. The molecular formula is C34H28Cl2N2O4. The van der Waals surface area contributed by atoms with E-state index in [1.165, 1.54) is 0 Å². The lowest BCUT2D eigenvalue weighted by Crippen LogP contribution is -2.21. The molecule has 0 saturated carbocycles. The Balaban J connectivity index is 0.000000137. The van der Waals surface area contributed by atoms with Gasteiger partial charge in [-0.1, -0.05) is 59.6 Å². The summed E-state index contributed by atoms with van der Waals surface area (Å²) in [5.41, 5.74) is 3.95. The van der Waals surface area contributed by atoms with Crippen LogP contribution in [0.4, 0.5) is 0 Å². The normalized spacial score (nSPS) is 23.0. The van der Waals surface area contributed by atoms with Gasteiger partial charge < -0.3 is 19.3 Å². The predicted octanol–water partition coefficient (Wildman–Crippen LogP) is 7.57. The van der Waals surface area contributed by atoms with Crippen molar-refractivity contribution in [3.05, 3.63) is 117 Å². The minimum atomic E-state index is -0.215. The Bertz CT molecular complexity index is 1740. The van der Waals surface area contributed by atoms with Crippen molar-refractivity contribution in [2.75, 3.05) is 27.2 Å². The number of fused-ring (bicyclic) bond motifs is 10. The molecule has 8 rings (SSSR count). The fourth-order valence-electron chi connectivity index (χ4n) is 6.76. The number of rotatable bonds is 0. The van der Waals surface area contributed by atoms with Gasteiger partial charge in [-0.3, -0.25) is 9.59 Å². The van der Waals surface area contributed by atoms with Gasteiger partial charge in [0.2, 0.25) is 11.8 Å². The van der Waals surface area contributed by atoms with Crippen molar-refractivity contribution in [1.29, 1.82) is 0 Å². The Hall–Kier alpha value is -4.00. The topological polar surface area (TPSA) is 59.1 Å². The molecule has 4 heterocycles. The summed E-state index contributed by atoms with van der Waals surface area (Å²) in [5, 5.41) is 1.30. The van der Waals surface area contributed by atoms with Crippen LogP contribution in [0.2, 0.25) is 10.0 Å². The maximum absolute atomic E-state index is 12.6. The molecule has 0 N–H and O–H groups in total. The SMILES string of the molecule is CN1C[C@@H]2c3cc(Cl)ccc3Oc3ccccc3[C@H]2C1=O.CN1C[C@@H]2c3ccccc3Oc3ccc(Cl)cc3[C@H]2C1=O. The first-order valence-electron chi connectivity index (χ1n) is 13.9. The van der Waals surface area contributed by atoms with Crippen molar-refractivity contribution in [3.63, 3.8) is 0 Å². The van der Waals surface area contributed by atoms with Crippen molar-refractivity contribution in [2.24, 2.45) is 0 Å². The van der Waals surface area contributed by atoms with Crippen LogP contribution in [-0.4, -0.2) is 48.8 Å². The van der Waals surface area contributed by atoms with Gasteiger partial charge in [0.05, 0.1) is 11.8 Å². The van der Waals surface area contributed by atoms with Crippen LogP contribution in [0.25, 0.3) is 0 Å². The Labute approximate surface area is 254 Å². The van der Waals surface area contributed by atoms with Gasteiger partial charge in [-0.25, -0.2) is 0 Å². The molecule has 0 aliphatic carbocycles. The van der Waals surface area contributed by atoms with E-state index in [0.717, 1.165) is 45.3 Å². The second-order valence-corrected chi connectivity index (χ2v) is 12.1. The Morgan fingerprint density at radius 2 is 1.00 bits per heavy atom. The molecule has 0 unspecified atom stereocenters. The zero-order valence-electron chi connectivity index (χ0n) is 23.1. The molecule has 0 radical (unpaired) electrons.